The molecule has 2 N–H and O–H groups in total. The Morgan fingerprint density at radius 1 is 1.44 bits per heavy atom. The van der Waals surface area contributed by atoms with Crippen molar-refractivity contribution in [2.24, 2.45) is 5.73 Å². The molecule has 0 saturated heterocycles. The summed E-state index contributed by atoms with van der Waals surface area (Å²) >= 11 is 0. The van der Waals surface area contributed by atoms with Gasteiger partial charge in [-0.2, -0.15) is 0 Å². The van der Waals surface area contributed by atoms with E-state index >= 15 is 0 Å². The van der Waals surface area contributed by atoms with E-state index in [0.717, 1.165) is 18.6 Å². The highest BCUT2D eigenvalue weighted by molar-refractivity contribution is 5.43. The van der Waals surface area contributed by atoms with E-state index in [1.807, 2.05) is 0 Å². The lowest BCUT2D eigenvalue weighted by molar-refractivity contribution is 0.279. The average Bonchev–Trinajstić information content (AvgIpc) is 2.36. The quantitative estimate of drug-likeness (QED) is 0.843. The molecule has 0 amide bonds. The third-order valence-corrected chi connectivity index (χ3v) is 3.36. The van der Waals surface area contributed by atoms with Crippen LogP contribution >= 0.6 is 0 Å². The fourth-order valence-electron chi connectivity index (χ4n) is 2.28. The molecule has 1 aromatic rings. The zero-order valence-corrected chi connectivity index (χ0v) is 9.99. The Bertz CT molecular complexity index is 409. The van der Waals surface area contributed by atoms with Crippen molar-refractivity contribution in [2.75, 3.05) is 13.7 Å². The van der Waals surface area contributed by atoms with Crippen LogP contribution < -0.4 is 5.73 Å². The van der Waals surface area contributed by atoms with E-state index in [1.54, 1.807) is 7.11 Å². The van der Waals surface area contributed by atoms with Gasteiger partial charge in [0.05, 0.1) is 12.9 Å². The Balaban J connectivity index is 2.38. The normalized spacial score (nSPS) is 16.3. The van der Waals surface area contributed by atoms with Gasteiger partial charge in [-0.05, 0) is 41.6 Å². The van der Waals surface area contributed by atoms with Crippen molar-refractivity contribution in [3.8, 4) is 0 Å². The first-order valence-corrected chi connectivity index (χ1v) is 5.80. The van der Waals surface area contributed by atoms with E-state index in [9.17, 15) is 0 Å². The topological polar surface area (TPSA) is 35.2 Å². The molecule has 0 fully saturated rings. The van der Waals surface area contributed by atoms with E-state index in [-0.39, 0.29) is 0 Å². The van der Waals surface area contributed by atoms with Crippen molar-refractivity contribution >= 4 is 0 Å². The van der Waals surface area contributed by atoms with Gasteiger partial charge in [0.15, 0.2) is 0 Å². The summed E-state index contributed by atoms with van der Waals surface area (Å²) in [6, 6.07) is 6.52. The van der Waals surface area contributed by atoms with Crippen LogP contribution in [0.1, 0.15) is 29.5 Å². The molecule has 0 heterocycles. The zero-order valence-electron chi connectivity index (χ0n) is 9.99. The largest absolute Gasteiger partial charge is 0.501 e. The second-order valence-electron chi connectivity index (χ2n) is 4.38. The Morgan fingerprint density at radius 3 is 2.94 bits per heavy atom. The number of hydrogen-bond donors (Lipinski definition) is 1. The van der Waals surface area contributed by atoms with Gasteiger partial charge in [0, 0.05) is 6.42 Å². The summed E-state index contributed by atoms with van der Waals surface area (Å²) in [5.74, 6) is 1.50. The van der Waals surface area contributed by atoms with Crippen LogP contribution in [-0.4, -0.2) is 13.7 Å². The zero-order chi connectivity index (χ0) is 11.5. The maximum Gasteiger partial charge on any atom is 0.0963 e. The van der Waals surface area contributed by atoms with Crippen molar-refractivity contribution in [1.29, 1.82) is 0 Å². The van der Waals surface area contributed by atoms with Crippen LogP contribution in [0.2, 0.25) is 0 Å². The summed E-state index contributed by atoms with van der Waals surface area (Å²) in [7, 11) is 1.74. The predicted molar refractivity (Wildman–Crippen MR) is 66.4 cm³/mol. The second kappa shape index (κ2) is 4.71. The van der Waals surface area contributed by atoms with Gasteiger partial charge in [-0.1, -0.05) is 25.1 Å². The average molecular weight is 217 g/mol. The number of fused-ring (bicyclic) bond motifs is 1. The molecule has 0 aromatic heterocycles. The molecule has 1 aromatic carbocycles. The third kappa shape index (κ3) is 1.98. The lowest BCUT2D eigenvalue weighted by Crippen LogP contribution is -2.14. The fourth-order valence-corrected chi connectivity index (χ4v) is 2.28. The summed E-state index contributed by atoms with van der Waals surface area (Å²) < 4.78 is 5.35. The highest BCUT2D eigenvalue weighted by Gasteiger charge is 2.17. The van der Waals surface area contributed by atoms with Crippen molar-refractivity contribution < 1.29 is 4.74 Å². The Labute approximate surface area is 97.1 Å². The summed E-state index contributed by atoms with van der Waals surface area (Å²) in [5, 5.41) is 0. The molecule has 1 unspecified atom stereocenters. The molecule has 0 aliphatic heterocycles. The third-order valence-electron chi connectivity index (χ3n) is 3.36. The molecule has 2 heteroatoms. The highest BCUT2D eigenvalue weighted by Crippen LogP contribution is 2.28. The summed E-state index contributed by atoms with van der Waals surface area (Å²) in [6.45, 7) is 2.88. The standard InChI is InChI=1S/C14H19NO/c1-10(9-15)13-5-3-4-11-6-7-12(16-2)8-14(11)13/h3-5,7,10H,6,8-9,15H2,1-2H3. The molecular weight excluding hydrogens is 198 g/mol. The molecular formula is C14H19NO. The molecule has 1 aliphatic carbocycles. The highest BCUT2D eigenvalue weighted by atomic mass is 16.5. The number of hydrogen-bond acceptors (Lipinski definition) is 2. The van der Waals surface area contributed by atoms with E-state index in [4.69, 9.17) is 10.5 Å². The number of benzene rings is 1. The summed E-state index contributed by atoms with van der Waals surface area (Å²) in [5.41, 5.74) is 9.97. The number of methoxy groups -OCH3 is 1. The maximum absolute atomic E-state index is 5.76. The maximum atomic E-state index is 5.76. The van der Waals surface area contributed by atoms with E-state index < -0.39 is 0 Å². The lowest BCUT2D eigenvalue weighted by Gasteiger charge is -2.22. The predicted octanol–water partition coefficient (Wildman–Crippen LogP) is 2.38. The molecule has 2 nitrogen and oxygen atoms in total. The molecule has 0 bridgehead atoms. The molecule has 0 spiro atoms. The van der Waals surface area contributed by atoms with Crippen LogP contribution in [0.15, 0.2) is 30.0 Å². The second-order valence-corrected chi connectivity index (χ2v) is 4.38. The van der Waals surface area contributed by atoms with Crippen molar-refractivity contribution in [1.82, 2.24) is 0 Å². The number of rotatable bonds is 3. The Morgan fingerprint density at radius 2 is 2.25 bits per heavy atom. The molecule has 16 heavy (non-hydrogen) atoms. The van der Waals surface area contributed by atoms with Gasteiger partial charge in [0.2, 0.25) is 0 Å². The van der Waals surface area contributed by atoms with Gasteiger partial charge < -0.3 is 10.5 Å². The molecule has 0 radical (unpaired) electrons. The minimum Gasteiger partial charge on any atom is -0.501 e. The van der Waals surface area contributed by atoms with Crippen LogP contribution in [0.25, 0.3) is 0 Å². The van der Waals surface area contributed by atoms with Gasteiger partial charge in [0.1, 0.15) is 0 Å². The number of nitrogens with two attached hydrogens (primary N) is 1. The van der Waals surface area contributed by atoms with Crippen LogP contribution in [0.3, 0.4) is 0 Å². The minimum absolute atomic E-state index is 0.422. The number of ether oxygens (including phenoxy) is 1. The van der Waals surface area contributed by atoms with Crippen LogP contribution in [0.4, 0.5) is 0 Å². The SMILES string of the molecule is COC1=CCc2cccc(C(C)CN)c2C1. The van der Waals surface area contributed by atoms with Crippen molar-refractivity contribution in [2.45, 2.75) is 25.7 Å². The molecule has 0 saturated carbocycles. The van der Waals surface area contributed by atoms with Crippen LogP contribution in [-0.2, 0) is 17.6 Å². The Hall–Kier alpha value is -1.28. The van der Waals surface area contributed by atoms with Crippen molar-refractivity contribution in [3.63, 3.8) is 0 Å². The molecule has 1 aliphatic rings. The van der Waals surface area contributed by atoms with Gasteiger partial charge >= 0.3 is 0 Å². The van der Waals surface area contributed by atoms with E-state index in [0.29, 0.717) is 12.5 Å². The Kier molecular flexibility index (Phi) is 3.30. The van der Waals surface area contributed by atoms with Crippen LogP contribution in [0.5, 0.6) is 0 Å². The lowest BCUT2D eigenvalue weighted by atomic mass is 9.86. The minimum atomic E-state index is 0.422. The molecule has 1 atom stereocenters. The summed E-state index contributed by atoms with van der Waals surface area (Å²) in [4.78, 5) is 0. The first-order valence-electron chi connectivity index (χ1n) is 5.80. The smallest absolute Gasteiger partial charge is 0.0963 e. The fraction of sp³-hybridized carbons (Fsp3) is 0.429. The monoisotopic (exact) mass is 217 g/mol. The first-order chi connectivity index (χ1) is 7.76. The van der Waals surface area contributed by atoms with Gasteiger partial charge in [-0.15, -0.1) is 0 Å². The first kappa shape index (κ1) is 11.2. The summed E-state index contributed by atoms with van der Waals surface area (Å²) in [6.07, 6.45) is 4.05. The molecule has 86 valence electrons. The van der Waals surface area contributed by atoms with Crippen LogP contribution in [0, 0.1) is 0 Å². The van der Waals surface area contributed by atoms with Crippen molar-refractivity contribution in [3.05, 3.63) is 46.7 Å². The van der Waals surface area contributed by atoms with Gasteiger partial charge in [-0.25, -0.2) is 0 Å². The van der Waals surface area contributed by atoms with E-state index in [1.165, 1.54) is 16.7 Å². The van der Waals surface area contributed by atoms with Gasteiger partial charge in [0.25, 0.3) is 0 Å². The molecule has 2 rings (SSSR count). The number of allylic oxidation sites excluding steroid dienone is 2. The van der Waals surface area contributed by atoms with Gasteiger partial charge in [-0.3, -0.25) is 0 Å². The van der Waals surface area contributed by atoms with E-state index in [2.05, 4.69) is 31.2 Å².